The van der Waals surface area contributed by atoms with Gasteiger partial charge in [0, 0.05) is 6.42 Å². The van der Waals surface area contributed by atoms with E-state index in [1.807, 2.05) is 6.92 Å². The molecule has 0 radical (unpaired) electrons. The van der Waals surface area contributed by atoms with E-state index in [9.17, 15) is 9.59 Å². The number of rotatable bonds is 6. The molecule has 1 aromatic rings. The smallest absolute Gasteiger partial charge is 0.311 e. The number of benzene rings is 1. The zero-order valence-corrected chi connectivity index (χ0v) is 10.4. The Morgan fingerprint density at radius 2 is 2.00 bits per heavy atom. The molecule has 0 heterocycles. The Labute approximate surface area is 105 Å². The van der Waals surface area contributed by atoms with Gasteiger partial charge < -0.3 is 14.6 Å². The van der Waals surface area contributed by atoms with Crippen LogP contribution in [0.1, 0.15) is 25.3 Å². The van der Waals surface area contributed by atoms with Crippen LogP contribution in [0.3, 0.4) is 0 Å². The van der Waals surface area contributed by atoms with Crippen LogP contribution in [0.5, 0.6) is 11.5 Å². The monoisotopic (exact) mass is 252 g/mol. The largest absolute Gasteiger partial charge is 0.493 e. The molecule has 0 aliphatic rings. The van der Waals surface area contributed by atoms with Gasteiger partial charge in [-0.25, -0.2) is 0 Å². The summed E-state index contributed by atoms with van der Waals surface area (Å²) >= 11 is 0. The fourth-order valence-corrected chi connectivity index (χ4v) is 1.46. The van der Waals surface area contributed by atoms with E-state index in [4.69, 9.17) is 14.6 Å². The lowest BCUT2D eigenvalue weighted by molar-refractivity contribution is -0.136. The number of esters is 1. The van der Waals surface area contributed by atoms with Gasteiger partial charge in [-0.05, 0) is 24.1 Å². The van der Waals surface area contributed by atoms with Crippen LogP contribution in [0.4, 0.5) is 0 Å². The van der Waals surface area contributed by atoms with Crippen molar-refractivity contribution in [2.24, 2.45) is 0 Å². The molecular formula is C13H16O5. The Hall–Kier alpha value is -2.04. The third-order valence-electron chi connectivity index (χ3n) is 2.26. The number of hydrogen-bond acceptors (Lipinski definition) is 4. The lowest BCUT2D eigenvalue weighted by Crippen LogP contribution is -2.08. The average Bonchev–Trinajstić information content (AvgIpc) is 2.30. The zero-order valence-electron chi connectivity index (χ0n) is 10.4. The van der Waals surface area contributed by atoms with Gasteiger partial charge in [0.15, 0.2) is 11.5 Å². The van der Waals surface area contributed by atoms with Gasteiger partial charge in [-0.1, -0.05) is 13.0 Å². The summed E-state index contributed by atoms with van der Waals surface area (Å²) in [5.74, 6) is -0.585. The summed E-state index contributed by atoms with van der Waals surface area (Å²) in [7, 11) is 1.44. The SMILES string of the molecule is CCCC(=O)Oc1ccc(CC(=O)O)cc1OC. The van der Waals surface area contributed by atoms with Gasteiger partial charge in [0.25, 0.3) is 0 Å². The fraction of sp³-hybridized carbons (Fsp3) is 0.385. The molecule has 0 aliphatic carbocycles. The summed E-state index contributed by atoms with van der Waals surface area (Å²) in [4.78, 5) is 22.0. The highest BCUT2D eigenvalue weighted by atomic mass is 16.6. The van der Waals surface area contributed by atoms with Crippen LogP contribution in [0.25, 0.3) is 0 Å². The van der Waals surface area contributed by atoms with Crippen LogP contribution < -0.4 is 9.47 Å². The zero-order chi connectivity index (χ0) is 13.5. The summed E-state index contributed by atoms with van der Waals surface area (Å²) in [5, 5.41) is 8.69. The molecule has 0 bridgehead atoms. The third-order valence-corrected chi connectivity index (χ3v) is 2.26. The number of methoxy groups -OCH3 is 1. The summed E-state index contributed by atoms with van der Waals surface area (Å²) < 4.78 is 10.2. The number of carboxylic acid groups (broad SMARTS) is 1. The molecule has 0 aliphatic heterocycles. The van der Waals surface area contributed by atoms with Crippen LogP contribution >= 0.6 is 0 Å². The van der Waals surface area contributed by atoms with Gasteiger partial charge in [-0.2, -0.15) is 0 Å². The quantitative estimate of drug-likeness (QED) is 0.619. The Bertz CT molecular complexity index is 439. The van der Waals surface area contributed by atoms with Crippen molar-refractivity contribution in [2.75, 3.05) is 7.11 Å². The number of carbonyl (C=O) groups excluding carboxylic acids is 1. The normalized spacial score (nSPS) is 9.89. The second-order valence-electron chi connectivity index (χ2n) is 3.78. The lowest BCUT2D eigenvalue weighted by atomic mass is 10.1. The predicted molar refractivity (Wildman–Crippen MR) is 64.9 cm³/mol. The second-order valence-corrected chi connectivity index (χ2v) is 3.78. The fourth-order valence-electron chi connectivity index (χ4n) is 1.46. The number of aliphatic carboxylic acids is 1. The molecule has 1 aromatic carbocycles. The maximum absolute atomic E-state index is 11.4. The molecule has 5 nitrogen and oxygen atoms in total. The molecule has 0 saturated heterocycles. The molecule has 98 valence electrons. The Balaban J connectivity index is 2.86. The van der Waals surface area contributed by atoms with E-state index >= 15 is 0 Å². The highest BCUT2D eigenvalue weighted by Crippen LogP contribution is 2.28. The number of hydrogen-bond donors (Lipinski definition) is 1. The van der Waals surface area contributed by atoms with E-state index < -0.39 is 5.97 Å². The van der Waals surface area contributed by atoms with Crippen molar-refractivity contribution in [3.63, 3.8) is 0 Å². The second kappa shape index (κ2) is 6.64. The first kappa shape index (κ1) is 14.0. The maximum atomic E-state index is 11.4. The molecule has 1 N–H and O–H groups in total. The summed E-state index contributed by atoms with van der Waals surface area (Å²) in [6, 6.07) is 4.71. The van der Waals surface area contributed by atoms with Crippen molar-refractivity contribution >= 4 is 11.9 Å². The minimum Gasteiger partial charge on any atom is -0.493 e. The van der Waals surface area contributed by atoms with E-state index in [0.29, 0.717) is 29.9 Å². The van der Waals surface area contributed by atoms with E-state index in [2.05, 4.69) is 0 Å². The Kier molecular flexibility index (Phi) is 5.17. The van der Waals surface area contributed by atoms with Gasteiger partial charge in [0.1, 0.15) is 0 Å². The van der Waals surface area contributed by atoms with Crippen molar-refractivity contribution in [3.05, 3.63) is 23.8 Å². The van der Waals surface area contributed by atoms with Crippen LogP contribution in [0.2, 0.25) is 0 Å². The van der Waals surface area contributed by atoms with Crippen LogP contribution in [-0.2, 0) is 16.0 Å². The van der Waals surface area contributed by atoms with Gasteiger partial charge >= 0.3 is 11.9 Å². The van der Waals surface area contributed by atoms with Gasteiger partial charge in [-0.3, -0.25) is 9.59 Å². The third kappa shape index (κ3) is 4.08. The molecule has 0 fully saturated rings. The number of carboxylic acids is 1. The minimum absolute atomic E-state index is 0.0977. The van der Waals surface area contributed by atoms with E-state index in [1.165, 1.54) is 7.11 Å². The van der Waals surface area contributed by atoms with Gasteiger partial charge in [0.05, 0.1) is 13.5 Å². The maximum Gasteiger partial charge on any atom is 0.311 e. The highest BCUT2D eigenvalue weighted by molar-refractivity contribution is 5.74. The minimum atomic E-state index is -0.923. The first-order chi connectivity index (χ1) is 8.56. The topological polar surface area (TPSA) is 72.8 Å². The molecule has 1 rings (SSSR count). The molecular weight excluding hydrogens is 236 g/mol. The van der Waals surface area contributed by atoms with Crippen LogP contribution in [0.15, 0.2) is 18.2 Å². The lowest BCUT2D eigenvalue weighted by Gasteiger charge is -2.10. The van der Waals surface area contributed by atoms with Gasteiger partial charge in [0.2, 0.25) is 0 Å². The van der Waals surface area contributed by atoms with Crippen LogP contribution in [-0.4, -0.2) is 24.2 Å². The van der Waals surface area contributed by atoms with E-state index in [-0.39, 0.29) is 12.4 Å². The summed E-state index contributed by atoms with van der Waals surface area (Å²) in [5.41, 5.74) is 0.592. The molecule has 0 amide bonds. The summed E-state index contributed by atoms with van der Waals surface area (Å²) in [6.07, 6.45) is 0.942. The van der Waals surface area contributed by atoms with E-state index in [1.54, 1.807) is 18.2 Å². The van der Waals surface area contributed by atoms with E-state index in [0.717, 1.165) is 0 Å². The first-order valence-corrected chi connectivity index (χ1v) is 5.66. The number of ether oxygens (including phenoxy) is 2. The molecule has 0 unspecified atom stereocenters. The average molecular weight is 252 g/mol. The van der Waals surface area contributed by atoms with Crippen molar-refractivity contribution < 1.29 is 24.2 Å². The highest BCUT2D eigenvalue weighted by Gasteiger charge is 2.11. The predicted octanol–water partition coefficient (Wildman–Crippen LogP) is 2.03. The standard InChI is InChI=1S/C13H16O5/c1-3-4-13(16)18-10-6-5-9(8-12(14)15)7-11(10)17-2/h5-7H,3-4,8H2,1-2H3,(H,14,15). The summed E-state index contributed by atoms with van der Waals surface area (Å²) in [6.45, 7) is 1.88. The molecule has 0 saturated carbocycles. The Morgan fingerprint density at radius 3 is 2.56 bits per heavy atom. The molecule has 0 spiro atoms. The van der Waals surface area contributed by atoms with Crippen molar-refractivity contribution in [3.8, 4) is 11.5 Å². The molecule has 18 heavy (non-hydrogen) atoms. The number of carbonyl (C=O) groups is 2. The van der Waals surface area contributed by atoms with Crippen molar-refractivity contribution in [1.29, 1.82) is 0 Å². The first-order valence-electron chi connectivity index (χ1n) is 5.66. The van der Waals surface area contributed by atoms with Crippen LogP contribution in [0, 0.1) is 0 Å². The molecule has 0 atom stereocenters. The van der Waals surface area contributed by atoms with Crippen molar-refractivity contribution in [2.45, 2.75) is 26.2 Å². The molecule has 0 aromatic heterocycles. The Morgan fingerprint density at radius 1 is 1.28 bits per heavy atom. The molecule has 5 heteroatoms. The van der Waals surface area contributed by atoms with Gasteiger partial charge in [-0.15, -0.1) is 0 Å². The van der Waals surface area contributed by atoms with Crippen molar-refractivity contribution in [1.82, 2.24) is 0 Å².